The van der Waals surface area contributed by atoms with Crippen LogP contribution in [0.4, 0.5) is 0 Å². The topological polar surface area (TPSA) is 109 Å². The van der Waals surface area contributed by atoms with Gasteiger partial charge >= 0.3 is 0 Å². The molecular formula is C8H14N4O2S2. The van der Waals surface area contributed by atoms with Crippen molar-refractivity contribution in [2.45, 2.75) is 0 Å². The molecule has 0 saturated carbocycles. The van der Waals surface area contributed by atoms with Crippen LogP contribution in [0.5, 0.6) is 0 Å². The predicted molar refractivity (Wildman–Crippen MR) is 70.1 cm³/mol. The lowest BCUT2D eigenvalue weighted by molar-refractivity contribution is 0.325. The van der Waals surface area contributed by atoms with Gasteiger partial charge in [-0.25, -0.2) is 0 Å². The van der Waals surface area contributed by atoms with Crippen LogP contribution >= 0.6 is 24.4 Å². The molecule has 0 aromatic carbocycles. The Morgan fingerprint density at radius 3 is 1.50 bits per heavy atom. The number of hydrogen-bond donors (Lipinski definition) is 3. The molecule has 6 nitrogen and oxygen atoms in total. The standard InChI is InChI=1S/C5H5N.C2H5NOS.CH4N2OS/c1-2-4-6-5-3-1;1-4-2(3)5;2-1(5)4-3/h1-5H;1H3,(H2,3,5);3H2,(H2,2,5). The predicted octanol–water partition coefficient (Wildman–Crippen LogP) is 0.0783. The summed E-state index contributed by atoms with van der Waals surface area (Å²) in [5.74, 6) is 4.41. The maximum Gasteiger partial charge on any atom is 0.275 e. The first kappa shape index (κ1) is 16.9. The van der Waals surface area contributed by atoms with Crippen molar-refractivity contribution in [2.75, 3.05) is 7.11 Å². The lowest BCUT2D eigenvalue weighted by Crippen LogP contribution is -2.16. The number of methoxy groups -OCH3 is 1. The van der Waals surface area contributed by atoms with Crippen LogP contribution in [0.2, 0.25) is 0 Å². The largest absolute Gasteiger partial charge is 0.475 e. The number of hydrogen-bond acceptors (Lipinski definition) is 6. The molecule has 0 atom stereocenters. The van der Waals surface area contributed by atoms with E-state index in [9.17, 15) is 0 Å². The van der Waals surface area contributed by atoms with Gasteiger partial charge in [0, 0.05) is 12.4 Å². The summed E-state index contributed by atoms with van der Waals surface area (Å²) in [7, 11) is 1.43. The fourth-order valence-corrected chi connectivity index (χ4v) is 0.313. The highest BCUT2D eigenvalue weighted by molar-refractivity contribution is 7.80. The molecular weight excluding hydrogens is 248 g/mol. The molecule has 0 radical (unpaired) electrons. The Morgan fingerprint density at radius 2 is 1.44 bits per heavy atom. The molecule has 0 aliphatic carbocycles. The minimum Gasteiger partial charge on any atom is -0.475 e. The van der Waals surface area contributed by atoms with Crippen LogP contribution < -0.4 is 17.4 Å². The highest BCUT2D eigenvalue weighted by Gasteiger charge is 1.70. The summed E-state index contributed by atoms with van der Waals surface area (Å²) in [5.41, 5.74) is 9.48. The lowest BCUT2D eigenvalue weighted by Gasteiger charge is -1.85. The van der Waals surface area contributed by atoms with Gasteiger partial charge in [-0.05, 0) is 36.6 Å². The molecule has 0 aliphatic heterocycles. The third-order valence-corrected chi connectivity index (χ3v) is 1.15. The van der Waals surface area contributed by atoms with Gasteiger partial charge in [0.1, 0.15) is 0 Å². The van der Waals surface area contributed by atoms with Gasteiger partial charge in [-0.3, -0.25) is 4.98 Å². The minimum atomic E-state index is -0.134. The Bertz CT molecular complexity index is 244. The minimum absolute atomic E-state index is 0.0880. The molecule has 0 aliphatic rings. The van der Waals surface area contributed by atoms with Gasteiger partial charge in [0.05, 0.1) is 7.11 Å². The maximum absolute atomic E-state index is 4.80. The number of rotatable bonds is 0. The Morgan fingerprint density at radius 1 is 1.06 bits per heavy atom. The number of ether oxygens (including phenoxy) is 1. The summed E-state index contributed by atoms with van der Waals surface area (Å²) < 4.78 is 4.26. The zero-order valence-corrected chi connectivity index (χ0v) is 10.3. The van der Waals surface area contributed by atoms with Gasteiger partial charge in [-0.1, -0.05) is 6.07 Å². The molecule has 6 N–H and O–H groups in total. The zero-order valence-electron chi connectivity index (χ0n) is 8.70. The second-order valence-electron chi connectivity index (χ2n) is 1.98. The smallest absolute Gasteiger partial charge is 0.275 e. The van der Waals surface area contributed by atoms with Crippen molar-refractivity contribution in [3.8, 4) is 0 Å². The van der Waals surface area contributed by atoms with E-state index in [1.54, 1.807) is 12.4 Å². The fourth-order valence-electron chi connectivity index (χ4n) is 0.313. The van der Waals surface area contributed by atoms with Crippen molar-refractivity contribution < 1.29 is 9.57 Å². The Labute approximate surface area is 105 Å². The molecule has 0 fully saturated rings. The van der Waals surface area contributed by atoms with Gasteiger partial charge in [0.15, 0.2) is 0 Å². The average molecular weight is 262 g/mol. The SMILES string of the molecule is COC(N)=S.NOC(N)=S.c1ccncc1. The first-order chi connectivity index (χ1) is 7.54. The quantitative estimate of drug-likeness (QED) is 0.445. The molecule has 1 aromatic rings. The Kier molecular flexibility index (Phi) is 14.3. The van der Waals surface area contributed by atoms with E-state index in [-0.39, 0.29) is 10.3 Å². The summed E-state index contributed by atoms with van der Waals surface area (Å²) >= 11 is 8.38. The van der Waals surface area contributed by atoms with Gasteiger partial charge < -0.3 is 21.0 Å². The molecule has 0 unspecified atom stereocenters. The van der Waals surface area contributed by atoms with E-state index in [4.69, 9.17) is 5.73 Å². The summed E-state index contributed by atoms with van der Waals surface area (Å²) in [6.45, 7) is 0. The van der Waals surface area contributed by atoms with Gasteiger partial charge in [-0.2, -0.15) is 5.90 Å². The monoisotopic (exact) mass is 262 g/mol. The van der Waals surface area contributed by atoms with Crippen molar-refractivity contribution >= 4 is 34.8 Å². The van der Waals surface area contributed by atoms with Crippen LogP contribution in [0.15, 0.2) is 30.6 Å². The lowest BCUT2D eigenvalue weighted by atomic mass is 10.5. The first-order valence-corrected chi connectivity index (χ1v) is 4.70. The van der Waals surface area contributed by atoms with E-state index in [2.05, 4.69) is 50.6 Å². The molecule has 0 spiro atoms. The molecule has 1 aromatic heterocycles. The zero-order chi connectivity index (χ0) is 12.8. The fraction of sp³-hybridized carbons (Fsp3) is 0.125. The molecule has 0 amide bonds. The highest BCUT2D eigenvalue weighted by atomic mass is 32.1. The van der Waals surface area contributed by atoms with E-state index >= 15 is 0 Å². The number of nitrogens with two attached hydrogens (primary N) is 3. The van der Waals surface area contributed by atoms with Gasteiger partial charge in [0.2, 0.25) is 0 Å². The van der Waals surface area contributed by atoms with Crippen LogP contribution in [0.3, 0.4) is 0 Å². The van der Waals surface area contributed by atoms with Crippen molar-refractivity contribution in [1.29, 1.82) is 0 Å². The van der Waals surface area contributed by atoms with Crippen LogP contribution in [0, 0.1) is 0 Å². The molecule has 16 heavy (non-hydrogen) atoms. The Balaban J connectivity index is 0. The number of nitrogens with zero attached hydrogens (tertiary/aromatic N) is 1. The molecule has 0 bridgehead atoms. The van der Waals surface area contributed by atoms with E-state index in [0.29, 0.717) is 0 Å². The van der Waals surface area contributed by atoms with Crippen molar-refractivity contribution in [2.24, 2.45) is 17.4 Å². The van der Waals surface area contributed by atoms with Crippen LogP contribution in [-0.4, -0.2) is 22.4 Å². The van der Waals surface area contributed by atoms with E-state index in [1.165, 1.54) is 7.11 Å². The molecule has 90 valence electrons. The normalized spacial score (nSPS) is 7.12. The van der Waals surface area contributed by atoms with Crippen molar-refractivity contribution in [3.05, 3.63) is 30.6 Å². The molecule has 1 heterocycles. The van der Waals surface area contributed by atoms with Crippen molar-refractivity contribution in [3.63, 3.8) is 0 Å². The van der Waals surface area contributed by atoms with E-state index < -0.39 is 0 Å². The Hall–Kier alpha value is -1.51. The molecule has 8 heteroatoms. The van der Waals surface area contributed by atoms with E-state index in [1.807, 2.05) is 18.2 Å². The summed E-state index contributed by atoms with van der Waals surface area (Å²) in [6.07, 6.45) is 3.50. The van der Waals surface area contributed by atoms with Gasteiger partial charge in [0.25, 0.3) is 10.3 Å². The number of aromatic nitrogens is 1. The molecule has 0 saturated heterocycles. The highest BCUT2D eigenvalue weighted by Crippen LogP contribution is 1.73. The third kappa shape index (κ3) is 22.9. The second-order valence-corrected chi connectivity index (χ2v) is 2.79. The summed E-state index contributed by atoms with van der Waals surface area (Å²) in [6, 6.07) is 5.72. The summed E-state index contributed by atoms with van der Waals surface area (Å²) in [5, 5.41) is -0.0463. The van der Waals surface area contributed by atoms with Crippen LogP contribution in [-0.2, 0) is 9.57 Å². The number of thiocarbonyl (C=S) groups is 2. The van der Waals surface area contributed by atoms with Crippen LogP contribution in [0.25, 0.3) is 0 Å². The van der Waals surface area contributed by atoms with Gasteiger partial charge in [-0.15, -0.1) is 0 Å². The first-order valence-electron chi connectivity index (χ1n) is 3.89. The van der Waals surface area contributed by atoms with Crippen molar-refractivity contribution in [1.82, 2.24) is 4.98 Å². The summed E-state index contributed by atoms with van der Waals surface area (Å²) in [4.78, 5) is 7.54. The number of pyridine rings is 1. The second kappa shape index (κ2) is 13.5. The average Bonchev–Trinajstić information content (AvgIpc) is 2.32. The van der Waals surface area contributed by atoms with E-state index in [0.717, 1.165) is 0 Å². The molecule has 1 rings (SSSR count). The maximum atomic E-state index is 4.80. The third-order valence-electron chi connectivity index (χ3n) is 0.884. The van der Waals surface area contributed by atoms with Crippen LogP contribution in [0.1, 0.15) is 0 Å².